The van der Waals surface area contributed by atoms with Gasteiger partial charge >= 0.3 is 5.97 Å². The Morgan fingerprint density at radius 1 is 1.38 bits per heavy atom. The lowest BCUT2D eigenvalue weighted by Gasteiger charge is -2.10. The minimum atomic E-state index is -0.755. The molecule has 4 nitrogen and oxygen atoms in total. The van der Waals surface area contributed by atoms with Gasteiger partial charge in [-0.2, -0.15) is 0 Å². The Labute approximate surface area is 97.2 Å². The smallest absolute Gasteiger partial charge is 0.330 e. The first-order valence-corrected chi connectivity index (χ1v) is 5.75. The van der Waals surface area contributed by atoms with Gasteiger partial charge in [-0.3, -0.25) is 0 Å². The number of aliphatic hydroxyl groups excluding tert-OH is 1. The summed E-state index contributed by atoms with van der Waals surface area (Å²) in [6.45, 7) is 6.21. The number of ether oxygens (including phenoxy) is 2. The van der Waals surface area contributed by atoms with E-state index in [1.807, 2.05) is 0 Å². The van der Waals surface area contributed by atoms with Crippen molar-refractivity contribution in [2.45, 2.75) is 38.7 Å². The molecule has 4 heteroatoms. The molecule has 0 aliphatic carbocycles. The van der Waals surface area contributed by atoms with Crippen LogP contribution in [0.1, 0.15) is 32.6 Å². The summed E-state index contributed by atoms with van der Waals surface area (Å²) in [5, 5.41) is 9.36. The first-order chi connectivity index (χ1) is 7.70. The molecule has 0 aliphatic heterocycles. The van der Waals surface area contributed by atoms with Crippen LogP contribution in [0.2, 0.25) is 0 Å². The summed E-state index contributed by atoms with van der Waals surface area (Å²) in [4.78, 5) is 10.7. The number of esters is 1. The monoisotopic (exact) mass is 230 g/mol. The van der Waals surface area contributed by atoms with Gasteiger partial charge in [0.25, 0.3) is 0 Å². The predicted octanol–water partition coefficient (Wildman–Crippen LogP) is 1.67. The van der Waals surface area contributed by atoms with Crippen LogP contribution in [0.25, 0.3) is 0 Å². The van der Waals surface area contributed by atoms with Crippen molar-refractivity contribution < 1.29 is 19.4 Å². The molecule has 0 amide bonds. The molecule has 16 heavy (non-hydrogen) atoms. The molecule has 94 valence electrons. The zero-order chi connectivity index (χ0) is 12.2. The molecule has 1 atom stereocenters. The Balaban J connectivity index is 3.26. The topological polar surface area (TPSA) is 55.8 Å². The van der Waals surface area contributed by atoms with E-state index in [0.29, 0.717) is 6.61 Å². The molecule has 0 aliphatic rings. The van der Waals surface area contributed by atoms with Gasteiger partial charge < -0.3 is 14.6 Å². The van der Waals surface area contributed by atoms with Gasteiger partial charge in [0, 0.05) is 12.7 Å². The maximum Gasteiger partial charge on any atom is 0.330 e. The summed E-state index contributed by atoms with van der Waals surface area (Å²) >= 11 is 0. The highest BCUT2D eigenvalue weighted by atomic mass is 16.5. The van der Waals surface area contributed by atoms with Crippen LogP contribution in [-0.4, -0.2) is 37.0 Å². The first kappa shape index (κ1) is 15.1. The largest absolute Gasteiger partial charge is 0.460 e. The van der Waals surface area contributed by atoms with Gasteiger partial charge in [-0.15, -0.1) is 0 Å². The van der Waals surface area contributed by atoms with Crippen molar-refractivity contribution in [2.24, 2.45) is 0 Å². The molecule has 0 aromatic rings. The van der Waals surface area contributed by atoms with Crippen LogP contribution < -0.4 is 0 Å². The van der Waals surface area contributed by atoms with Gasteiger partial charge in [0.1, 0.15) is 12.7 Å². The number of unbranched alkanes of at least 4 members (excludes halogenated alkanes) is 3. The van der Waals surface area contributed by atoms with Crippen molar-refractivity contribution in [3.05, 3.63) is 12.7 Å². The van der Waals surface area contributed by atoms with Crippen molar-refractivity contribution in [1.29, 1.82) is 0 Å². The van der Waals surface area contributed by atoms with Crippen LogP contribution in [0.5, 0.6) is 0 Å². The standard InChI is InChI=1S/C12H22O4/c1-3-5-6-7-8-15-9-11(13)10-16-12(14)4-2/h4,11,13H,2-3,5-10H2,1H3. The van der Waals surface area contributed by atoms with E-state index in [2.05, 4.69) is 18.2 Å². The van der Waals surface area contributed by atoms with Gasteiger partial charge in [-0.05, 0) is 6.42 Å². The van der Waals surface area contributed by atoms with Crippen molar-refractivity contribution in [3.8, 4) is 0 Å². The summed E-state index contributed by atoms with van der Waals surface area (Å²) in [5.74, 6) is -0.526. The highest BCUT2D eigenvalue weighted by Gasteiger charge is 2.06. The molecule has 0 aromatic heterocycles. The molecule has 0 saturated carbocycles. The lowest BCUT2D eigenvalue weighted by molar-refractivity contribution is -0.141. The summed E-state index contributed by atoms with van der Waals surface area (Å²) in [5.41, 5.74) is 0. The van der Waals surface area contributed by atoms with Gasteiger partial charge in [0.15, 0.2) is 0 Å². The zero-order valence-corrected chi connectivity index (χ0v) is 9.98. The molecule has 0 aromatic carbocycles. The number of rotatable bonds is 10. The Bertz CT molecular complexity index is 191. The van der Waals surface area contributed by atoms with Crippen molar-refractivity contribution in [1.82, 2.24) is 0 Å². The van der Waals surface area contributed by atoms with E-state index in [1.165, 1.54) is 12.8 Å². The molecular weight excluding hydrogens is 208 g/mol. The molecule has 0 bridgehead atoms. The van der Waals surface area contributed by atoms with Crippen LogP contribution >= 0.6 is 0 Å². The summed E-state index contributed by atoms with van der Waals surface area (Å²) in [7, 11) is 0. The van der Waals surface area contributed by atoms with Gasteiger partial charge in [0.05, 0.1) is 6.61 Å². The van der Waals surface area contributed by atoms with Crippen LogP contribution in [-0.2, 0) is 14.3 Å². The second-order valence-corrected chi connectivity index (χ2v) is 3.62. The average molecular weight is 230 g/mol. The van der Waals surface area contributed by atoms with Crippen LogP contribution in [0, 0.1) is 0 Å². The number of hydrogen-bond acceptors (Lipinski definition) is 4. The number of aliphatic hydroxyl groups is 1. The van der Waals surface area contributed by atoms with E-state index < -0.39 is 12.1 Å². The SMILES string of the molecule is C=CC(=O)OCC(O)COCCCCCC. The fraction of sp³-hybridized carbons (Fsp3) is 0.750. The fourth-order valence-corrected chi connectivity index (χ4v) is 1.14. The molecule has 0 saturated heterocycles. The van der Waals surface area contributed by atoms with Crippen molar-refractivity contribution in [3.63, 3.8) is 0 Å². The van der Waals surface area contributed by atoms with E-state index in [0.717, 1.165) is 18.9 Å². The number of carbonyl (C=O) groups is 1. The van der Waals surface area contributed by atoms with E-state index in [1.54, 1.807) is 0 Å². The third kappa shape index (κ3) is 9.68. The summed E-state index contributed by atoms with van der Waals surface area (Å²) in [6.07, 6.45) is 4.88. The van der Waals surface area contributed by atoms with Crippen LogP contribution in [0.4, 0.5) is 0 Å². The maximum absolute atomic E-state index is 10.7. The molecule has 1 N–H and O–H groups in total. The Morgan fingerprint density at radius 2 is 2.12 bits per heavy atom. The van der Waals surface area contributed by atoms with Gasteiger partial charge in [-0.25, -0.2) is 4.79 Å². The third-order valence-electron chi connectivity index (χ3n) is 2.04. The van der Waals surface area contributed by atoms with E-state index in [4.69, 9.17) is 4.74 Å². The lowest BCUT2D eigenvalue weighted by atomic mass is 10.2. The maximum atomic E-state index is 10.7. The highest BCUT2D eigenvalue weighted by Crippen LogP contribution is 1.99. The second kappa shape index (κ2) is 10.6. The second-order valence-electron chi connectivity index (χ2n) is 3.62. The quantitative estimate of drug-likeness (QED) is 0.352. The minimum Gasteiger partial charge on any atom is -0.460 e. The zero-order valence-electron chi connectivity index (χ0n) is 9.98. The molecular formula is C12H22O4. The molecule has 0 rings (SSSR count). The Hall–Kier alpha value is -0.870. The van der Waals surface area contributed by atoms with Gasteiger partial charge in [0.2, 0.25) is 0 Å². The van der Waals surface area contributed by atoms with Crippen molar-refractivity contribution >= 4 is 5.97 Å². The van der Waals surface area contributed by atoms with Crippen LogP contribution in [0.3, 0.4) is 0 Å². The van der Waals surface area contributed by atoms with E-state index >= 15 is 0 Å². The molecule has 0 heterocycles. The fourth-order valence-electron chi connectivity index (χ4n) is 1.14. The van der Waals surface area contributed by atoms with Crippen molar-refractivity contribution in [2.75, 3.05) is 19.8 Å². The van der Waals surface area contributed by atoms with Crippen LogP contribution in [0.15, 0.2) is 12.7 Å². The molecule has 0 fully saturated rings. The van der Waals surface area contributed by atoms with Gasteiger partial charge in [-0.1, -0.05) is 32.8 Å². The predicted molar refractivity (Wildman–Crippen MR) is 62.1 cm³/mol. The molecule has 1 unspecified atom stereocenters. The normalized spacial score (nSPS) is 12.1. The Morgan fingerprint density at radius 3 is 2.75 bits per heavy atom. The molecule has 0 radical (unpaired) electrons. The molecule has 0 spiro atoms. The number of hydrogen-bond donors (Lipinski definition) is 1. The van der Waals surface area contributed by atoms with E-state index in [-0.39, 0.29) is 13.2 Å². The highest BCUT2D eigenvalue weighted by molar-refractivity contribution is 5.81. The lowest BCUT2D eigenvalue weighted by Crippen LogP contribution is -2.23. The minimum absolute atomic E-state index is 0.0419. The summed E-state index contributed by atoms with van der Waals surface area (Å²) < 4.78 is 9.90. The number of carbonyl (C=O) groups excluding carboxylic acids is 1. The van der Waals surface area contributed by atoms with E-state index in [9.17, 15) is 9.90 Å². The third-order valence-corrected chi connectivity index (χ3v) is 2.04. The average Bonchev–Trinajstić information content (AvgIpc) is 2.30. The Kier molecular flexibility index (Phi) is 10.1. The summed E-state index contributed by atoms with van der Waals surface area (Å²) in [6, 6.07) is 0. The first-order valence-electron chi connectivity index (χ1n) is 5.75.